The van der Waals surface area contributed by atoms with Crippen LogP contribution < -0.4 is 5.32 Å². The van der Waals surface area contributed by atoms with E-state index in [4.69, 9.17) is 12.2 Å². The summed E-state index contributed by atoms with van der Waals surface area (Å²) in [6.07, 6.45) is 10.8. The van der Waals surface area contributed by atoms with Gasteiger partial charge in [-0.2, -0.15) is 0 Å². The maximum absolute atomic E-state index is 5.85. The van der Waals surface area contributed by atoms with E-state index in [1.165, 1.54) is 48.2 Å². The van der Waals surface area contributed by atoms with Gasteiger partial charge >= 0.3 is 0 Å². The summed E-state index contributed by atoms with van der Waals surface area (Å²) in [5.41, 5.74) is 6.29. The molecule has 0 amide bonds. The minimum absolute atomic E-state index is 0.0214. The summed E-state index contributed by atoms with van der Waals surface area (Å²) in [5, 5.41) is 4.37. The van der Waals surface area contributed by atoms with Crippen LogP contribution in [-0.2, 0) is 6.54 Å². The molecule has 1 N–H and O–H groups in total. The molecular formula is C25H29N5S. The molecular weight excluding hydrogens is 402 g/mol. The Kier molecular flexibility index (Phi) is 5.48. The summed E-state index contributed by atoms with van der Waals surface area (Å²) in [7, 11) is 0. The summed E-state index contributed by atoms with van der Waals surface area (Å²) >= 11 is 5.85. The van der Waals surface area contributed by atoms with Crippen molar-refractivity contribution < 1.29 is 0 Å². The maximum atomic E-state index is 5.85. The number of nitrogens with zero attached hydrogens (tertiary/aromatic N) is 4. The minimum atomic E-state index is 0.0214. The van der Waals surface area contributed by atoms with Crippen molar-refractivity contribution in [2.45, 2.75) is 64.2 Å². The highest BCUT2D eigenvalue weighted by atomic mass is 32.1. The second-order valence-electron chi connectivity index (χ2n) is 8.74. The molecule has 160 valence electrons. The van der Waals surface area contributed by atoms with Gasteiger partial charge in [-0.1, -0.05) is 18.9 Å². The third-order valence-electron chi connectivity index (χ3n) is 6.83. The lowest BCUT2D eigenvalue weighted by atomic mass is 9.96. The predicted octanol–water partition coefficient (Wildman–Crippen LogP) is 5.18. The van der Waals surface area contributed by atoms with E-state index in [1.807, 2.05) is 24.7 Å². The molecule has 1 saturated carbocycles. The van der Waals surface area contributed by atoms with Crippen LogP contribution in [0.5, 0.6) is 0 Å². The molecule has 4 heterocycles. The average molecular weight is 432 g/mol. The van der Waals surface area contributed by atoms with E-state index in [0.29, 0.717) is 6.04 Å². The summed E-state index contributed by atoms with van der Waals surface area (Å²) in [6.45, 7) is 5.27. The summed E-state index contributed by atoms with van der Waals surface area (Å²) in [5.74, 6) is 0. The molecule has 3 aromatic heterocycles. The average Bonchev–Trinajstić information content (AvgIpc) is 3.49. The van der Waals surface area contributed by atoms with Gasteiger partial charge in [-0.05, 0) is 80.4 Å². The third-order valence-corrected chi connectivity index (χ3v) is 7.18. The highest BCUT2D eigenvalue weighted by Gasteiger charge is 2.41. The van der Waals surface area contributed by atoms with Gasteiger partial charge in [0.05, 0.1) is 17.8 Å². The van der Waals surface area contributed by atoms with Crippen molar-refractivity contribution in [1.82, 2.24) is 24.8 Å². The largest absolute Gasteiger partial charge is 0.352 e. The van der Waals surface area contributed by atoms with Gasteiger partial charge in [-0.25, -0.2) is 0 Å². The number of nitrogens with one attached hydrogen (secondary N) is 1. The van der Waals surface area contributed by atoms with Gasteiger partial charge < -0.3 is 14.8 Å². The maximum Gasteiger partial charge on any atom is 0.170 e. The molecule has 31 heavy (non-hydrogen) atoms. The number of aryl methyl sites for hydroxylation is 1. The minimum Gasteiger partial charge on any atom is -0.352 e. The fourth-order valence-corrected chi connectivity index (χ4v) is 5.73. The van der Waals surface area contributed by atoms with Gasteiger partial charge in [-0.3, -0.25) is 9.97 Å². The lowest BCUT2D eigenvalue weighted by Crippen LogP contribution is -2.29. The van der Waals surface area contributed by atoms with Gasteiger partial charge in [0.1, 0.15) is 0 Å². The molecule has 3 aromatic rings. The van der Waals surface area contributed by atoms with E-state index < -0.39 is 0 Å². The zero-order chi connectivity index (χ0) is 21.4. The van der Waals surface area contributed by atoms with Crippen molar-refractivity contribution in [3.8, 4) is 0 Å². The zero-order valence-electron chi connectivity index (χ0n) is 18.2. The molecule has 0 spiro atoms. The van der Waals surface area contributed by atoms with Crippen LogP contribution in [0.25, 0.3) is 0 Å². The fourth-order valence-electron chi connectivity index (χ4n) is 5.43. The van der Waals surface area contributed by atoms with Crippen LogP contribution >= 0.6 is 12.2 Å². The molecule has 2 unspecified atom stereocenters. The van der Waals surface area contributed by atoms with E-state index in [9.17, 15) is 0 Å². The fraction of sp³-hybridized carbons (Fsp3) is 0.400. The summed E-state index contributed by atoms with van der Waals surface area (Å²) in [4.78, 5) is 11.2. The first-order valence-corrected chi connectivity index (χ1v) is 11.6. The summed E-state index contributed by atoms with van der Waals surface area (Å²) in [6, 6.07) is 13.4. The Bertz CT molecular complexity index is 1060. The highest BCUT2D eigenvalue weighted by molar-refractivity contribution is 7.80. The molecule has 0 bridgehead atoms. The van der Waals surface area contributed by atoms with E-state index >= 15 is 0 Å². The van der Waals surface area contributed by atoms with E-state index in [1.54, 1.807) is 0 Å². The van der Waals surface area contributed by atoms with Gasteiger partial charge in [-0.15, -0.1) is 0 Å². The highest BCUT2D eigenvalue weighted by Crippen LogP contribution is 2.43. The molecule has 5 rings (SSSR count). The van der Waals surface area contributed by atoms with E-state index in [2.05, 4.69) is 68.9 Å². The lowest BCUT2D eigenvalue weighted by molar-refractivity contribution is 0.309. The Labute approximate surface area is 189 Å². The normalized spacial score (nSPS) is 21.6. The predicted molar refractivity (Wildman–Crippen MR) is 127 cm³/mol. The third kappa shape index (κ3) is 3.74. The first kappa shape index (κ1) is 20.2. The standard InChI is InChI=1S/C25H29N5S/c1-17-15-21(18(2)30(17)20-7-3-4-8-20)24-23(22-9-5-6-12-27-22)28-25(31)29(24)16-19-10-13-26-14-11-19/h5-6,9-15,20,23-24H,3-4,7-8,16H2,1-2H3,(H,28,31). The van der Waals surface area contributed by atoms with Crippen LogP contribution in [-0.4, -0.2) is 24.5 Å². The van der Waals surface area contributed by atoms with Crippen molar-refractivity contribution in [3.05, 3.63) is 83.2 Å². The van der Waals surface area contributed by atoms with Crippen LogP contribution in [0.15, 0.2) is 55.0 Å². The van der Waals surface area contributed by atoms with Gasteiger partial charge in [0, 0.05) is 42.6 Å². The molecule has 0 radical (unpaired) electrons. The van der Waals surface area contributed by atoms with Crippen LogP contribution in [0.3, 0.4) is 0 Å². The smallest absolute Gasteiger partial charge is 0.170 e. The molecule has 2 fully saturated rings. The monoisotopic (exact) mass is 431 g/mol. The Morgan fingerprint density at radius 1 is 1.06 bits per heavy atom. The topological polar surface area (TPSA) is 46.0 Å². The van der Waals surface area contributed by atoms with Gasteiger partial charge in [0.2, 0.25) is 0 Å². The van der Waals surface area contributed by atoms with Gasteiger partial charge in [0.15, 0.2) is 5.11 Å². The molecule has 1 saturated heterocycles. The Morgan fingerprint density at radius 3 is 2.55 bits per heavy atom. The lowest BCUT2D eigenvalue weighted by Gasteiger charge is -2.28. The van der Waals surface area contributed by atoms with Gasteiger partial charge in [0.25, 0.3) is 0 Å². The second kappa shape index (κ2) is 8.42. The SMILES string of the molecule is Cc1cc(C2C(c3ccccn3)NC(=S)N2Cc2ccncc2)c(C)n1C1CCCC1. The van der Waals surface area contributed by atoms with Crippen LogP contribution in [0.1, 0.15) is 72.0 Å². The number of hydrogen-bond acceptors (Lipinski definition) is 3. The van der Waals surface area contributed by atoms with E-state index in [0.717, 1.165) is 17.4 Å². The van der Waals surface area contributed by atoms with Crippen LogP contribution in [0.4, 0.5) is 0 Å². The van der Waals surface area contributed by atoms with Crippen LogP contribution in [0, 0.1) is 13.8 Å². The number of rotatable bonds is 5. The van der Waals surface area contributed by atoms with Crippen molar-refractivity contribution in [3.63, 3.8) is 0 Å². The molecule has 0 aromatic carbocycles. The Hall–Kier alpha value is -2.73. The first-order chi connectivity index (χ1) is 15.1. The number of pyridine rings is 2. The van der Waals surface area contributed by atoms with Crippen molar-refractivity contribution in [2.24, 2.45) is 0 Å². The Morgan fingerprint density at radius 2 is 1.84 bits per heavy atom. The number of hydrogen-bond donors (Lipinski definition) is 1. The van der Waals surface area contributed by atoms with E-state index in [-0.39, 0.29) is 12.1 Å². The number of thiocarbonyl (C=S) groups is 1. The van der Waals surface area contributed by atoms with Crippen molar-refractivity contribution >= 4 is 17.3 Å². The second-order valence-corrected chi connectivity index (χ2v) is 9.13. The molecule has 6 heteroatoms. The van der Waals surface area contributed by atoms with Crippen molar-refractivity contribution in [2.75, 3.05) is 0 Å². The zero-order valence-corrected chi connectivity index (χ0v) is 19.0. The first-order valence-electron chi connectivity index (χ1n) is 11.2. The molecule has 1 aliphatic carbocycles. The summed E-state index contributed by atoms with van der Waals surface area (Å²) < 4.78 is 2.57. The molecule has 2 aliphatic rings. The van der Waals surface area contributed by atoms with Crippen LogP contribution in [0.2, 0.25) is 0 Å². The Balaban J connectivity index is 1.58. The molecule has 2 atom stereocenters. The number of aromatic nitrogens is 3. The van der Waals surface area contributed by atoms with Crippen molar-refractivity contribution in [1.29, 1.82) is 0 Å². The molecule has 5 nitrogen and oxygen atoms in total. The molecule has 1 aliphatic heterocycles. The quantitative estimate of drug-likeness (QED) is 0.564.